The number of halogens is 2. The van der Waals surface area contributed by atoms with Crippen LogP contribution in [0.5, 0.6) is 0 Å². The first-order valence-corrected chi connectivity index (χ1v) is 6.98. The molecule has 0 spiro atoms. The van der Waals surface area contributed by atoms with Crippen LogP contribution in [0.1, 0.15) is 15.9 Å². The molecule has 3 rings (SSSR count). The molecule has 0 atom stereocenters. The van der Waals surface area contributed by atoms with Crippen LogP contribution < -0.4 is 0 Å². The van der Waals surface area contributed by atoms with Crippen molar-refractivity contribution in [2.75, 3.05) is 0 Å². The van der Waals surface area contributed by atoms with E-state index in [9.17, 15) is 9.18 Å². The number of carbonyl (C=O) groups excluding carboxylic acids is 1. The maximum atomic E-state index is 13.8. The van der Waals surface area contributed by atoms with Crippen LogP contribution in [-0.2, 0) is 6.42 Å². The Morgan fingerprint density at radius 1 is 0.905 bits per heavy atom. The molecule has 21 heavy (non-hydrogen) atoms. The molecule has 0 radical (unpaired) electrons. The van der Waals surface area contributed by atoms with Crippen molar-refractivity contribution in [2.24, 2.45) is 0 Å². The monoisotopic (exact) mass is 298 g/mol. The smallest absolute Gasteiger partial charge is 0.167 e. The molecular weight excluding hydrogens is 287 g/mol. The van der Waals surface area contributed by atoms with Crippen molar-refractivity contribution in [1.29, 1.82) is 0 Å². The summed E-state index contributed by atoms with van der Waals surface area (Å²) >= 11 is 5.83. The molecule has 0 aliphatic heterocycles. The van der Waals surface area contributed by atoms with Crippen molar-refractivity contribution in [3.63, 3.8) is 0 Å². The topological polar surface area (TPSA) is 17.1 Å². The Kier molecular flexibility index (Phi) is 3.72. The molecule has 0 saturated heterocycles. The van der Waals surface area contributed by atoms with Gasteiger partial charge in [-0.2, -0.15) is 0 Å². The summed E-state index contributed by atoms with van der Waals surface area (Å²) in [5.41, 5.74) is 1.43. The van der Waals surface area contributed by atoms with Gasteiger partial charge in [0.05, 0.1) is 0 Å². The second-order valence-electron chi connectivity index (χ2n) is 4.87. The molecule has 0 unspecified atom stereocenters. The average molecular weight is 299 g/mol. The van der Waals surface area contributed by atoms with Gasteiger partial charge in [0.15, 0.2) is 5.78 Å². The third-order valence-electron chi connectivity index (χ3n) is 3.45. The lowest BCUT2D eigenvalue weighted by molar-refractivity contribution is 0.0994. The van der Waals surface area contributed by atoms with Crippen molar-refractivity contribution in [1.82, 2.24) is 0 Å². The van der Waals surface area contributed by atoms with Crippen molar-refractivity contribution in [3.05, 3.63) is 82.6 Å². The Morgan fingerprint density at radius 2 is 1.57 bits per heavy atom. The average Bonchev–Trinajstić information content (AvgIpc) is 2.50. The highest BCUT2D eigenvalue weighted by Gasteiger charge is 2.12. The van der Waals surface area contributed by atoms with E-state index in [1.54, 1.807) is 42.5 Å². The van der Waals surface area contributed by atoms with E-state index in [0.717, 1.165) is 5.56 Å². The number of hydrogen-bond donors (Lipinski definition) is 0. The van der Waals surface area contributed by atoms with E-state index in [1.807, 2.05) is 12.1 Å². The molecule has 3 aromatic carbocycles. The molecule has 0 aliphatic carbocycles. The molecule has 0 amide bonds. The lowest BCUT2D eigenvalue weighted by Crippen LogP contribution is -2.04. The highest BCUT2D eigenvalue weighted by molar-refractivity contribution is 6.30. The quantitative estimate of drug-likeness (QED) is 0.618. The van der Waals surface area contributed by atoms with Crippen LogP contribution >= 0.6 is 11.6 Å². The fourth-order valence-electron chi connectivity index (χ4n) is 2.39. The minimum Gasteiger partial charge on any atom is -0.294 e. The molecule has 0 bridgehead atoms. The Balaban J connectivity index is 1.98. The van der Waals surface area contributed by atoms with Crippen molar-refractivity contribution >= 4 is 28.2 Å². The van der Waals surface area contributed by atoms with Crippen LogP contribution in [0.15, 0.2) is 60.7 Å². The molecular formula is C18H12ClFO. The van der Waals surface area contributed by atoms with Gasteiger partial charge in [-0.3, -0.25) is 4.79 Å². The predicted octanol–water partition coefficient (Wildman–Crippen LogP) is 5.06. The highest BCUT2D eigenvalue weighted by Crippen LogP contribution is 2.23. The third-order valence-corrected chi connectivity index (χ3v) is 3.70. The van der Waals surface area contributed by atoms with Gasteiger partial charge in [0, 0.05) is 22.4 Å². The standard InChI is InChI=1S/C18H12ClFO/c19-13-7-5-12(6-8-13)11-18(21)16-9-10-17(20)15-4-2-1-3-14(15)16/h1-10H,11H2. The van der Waals surface area contributed by atoms with Gasteiger partial charge < -0.3 is 0 Å². The summed E-state index contributed by atoms with van der Waals surface area (Å²) in [6, 6.07) is 17.1. The number of Topliss-reactive ketones (excluding diaryl/α,β-unsaturated/α-hetero) is 1. The van der Waals surface area contributed by atoms with Gasteiger partial charge in [-0.05, 0) is 35.2 Å². The number of rotatable bonds is 3. The molecule has 0 N–H and O–H groups in total. The summed E-state index contributed by atoms with van der Waals surface area (Å²) < 4.78 is 13.8. The maximum absolute atomic E-state index is 13.8. The van der Waals surface area contributed by atoms with Crippen LogP contribution in [0.2, 0.25) is 5.02 Å². The first-order valence-electron chi connectivity index (χ1n) is 6.60. The Morgan fingerprint density at radius 3 is 2.29 bits per heavy atom. The fraction of sp³-hybridized carbons (Fsp3) is 0.0556. The van der Waals surface area contributed by atoms with Gasteiger partial charge in [-0.25, -0.2) is 4.39 Å². The Hall–Kier alpha value is -2.19. The number of carbonyl (C=O) groups is 1. The van der Waals surface area contributed by atoms with Crippen LogP contribution in [0, 0.1) is 5.82 Å². The molecule has 0 heterocycles. The first kappa shape index (κ1) is 13.8. The first-order chi connectivity index (χ1) is 10.1. The summed E-state index contributed by atoms with van der Waals surface area (Å²) in [5, 5.41) is 1.76. The van der Waals surface area contributed by atoms with Crippen molar-refractivity contribution in [3.8, 4) is 0 Å². The van der Waals surface area contributed by atoms with E-state index in [-0.39, 0.29) is 18.0 Å². The van der Waals surface area contributed by atoms with Gasteiger partial charge in [-0.1, -0.05) is 48.0 Å². The highest BCUT2D eigenvalue weighted by atomic mass is 35.5. The molecule has 104 valence electrons. The van der Waals surface area contributed by atoms with E-state index in [4.69, 9.17) is 11.6 Å². The third kappa shape index (κ3) is 2.81. The fourth-order valence-corrected chi connectivity index (χ4v) is 2.51. The predicted molar refractivity (Wildman–Crippen MR) is 83.4 cm³/mol. The van der Waals surface area contributed by atoms with E-state index < -0.39 is 0 Å². The lowest BCUT2D eigenvalue weighted by Gasteiger charge is -2.07. The number of fused-ring (bicyclic) bond motifs is 1. The van der Waals surface area contributed by atoms with Crippen molar-refractivity contribution < 1.29 is 9.18 Å². The summed E-state index contributed by atoms with van der Waals surface area (Å²) in [6.45, 7) is 0. The van der Waals surface area contributed by atoms with Crippen molar-refractivity contribution in [2.45, 2.75) is 6.42 Å². The summed E-state index contributed by atoms with van der Waals surface area (Å²) in [5.74, 6) is -0.345. The van der Waals surface area contributed by atoms with E-state index >= 15 is 0 Å². The molecule has 0 aromatic heterocycles. The second-order valence-corrected chi connectivity index (χ2v) is 5.30. The summed E-state index contributed by atoms with van der Waals surface area (Å²) in [6.07, 6.45) is 0.271. The van der Waals surface area contributed by atoms with E-state index in [1.165, 1.54) is 6.07 Å². The molecule has 0 saturated carbocycles. The summed E-state index contributed by atoms with van der Waals surface area (Å²) in [7, 11) is 0. The van der Waals surface area contributed by atoms with Gasteiger partial charge >= 0.3 is 0 Å². The van der Waals surface area contributed by atoms with E-state index in [0.29, 0.717) is 21.4 Å². The van der Waals surface area contributed by atoms with Gasteiger partial charge in [0.25, 0.3) is 0 Å². The largest absolute Gasteiger partial charge is 0.294 e. The minimum absolute atomic E-state index is 0.0338. The molecule has 0 fully saturated rings. The van der Waals surface area contributed by atoms with Gasteiger partial charge in [0.2, 0.25) is 0 Å². The molecule has 0 aliphatic rings. The zero-order chi connectivity index (χ0) is 14.8. The minimum atomic E-state index is -0.311. The maximum Gasteiger partial charge on any atom is 0.167 e. The molecule has 1 nitrogen and oxygen atoms in total. The van der Waals surface area contributed by atoms with Crippen LogP contribution in [0.4, 0.5) is 4.39 Å². The zero-order valence-electron chi connectivity index (χ0n) is 11.1. The Bertz CT molecular complexity index is 809. The van der Waals surface area contributed by atoms with Crippen LogP contribution in [0.3, 0.4) is 0 Å². The number of hydrogen-bond acceptors (Lipinski definition) is 1. The van der Waals surface area contributed by atoms with Gasteiger partial charge in [-0.15, -0.1) is 0 Å². The molecule has 3 heteroatoms. The molecule has 3 aromatic rings. The SMILES string of the molecule is O=C(Cc1ccc(Cl)cc1)c1ccc(F)c2ccccc12. The lowest BCUT2D eigenvalue weighted by atomic mass is 9.97. The Labute approximate surface area is 127 Å². The van der Waals surface area contributed by atoms with Crippen LogP contribution in [0.25, 0.3) is 10.8 Å². The summed E-state index contributed by atoms with van der Waals surface area (Å²) in [4.78, 5) is 12.5. The van der Waals surface area contributed by atoms with Crippen LogP contribution in [-0.4, -0.2) is 5.78 Å². The number of benzene rings is 3. The zero-order valence-corrected chi connectivity index (χ0v) is 11.9. The normalized spacial score (nSPS) is 10.8. The van der Waals surface area contributed by atoms with E-state index in [2.05, 4.69) is 0 Å². The number of ketones is 1. The van der Waals surface area contributed by atoms with Gasteiger partial charge in [0.1, 0.15) is 5.82 Å². The second kappa shape index (κ2) is 5.66.